The van der Waals surface area contributed by atoms with E-state index < -0.39 is 124 Å². The van der Waals surface area contributed by atoms with Crippen LogP contribution in [-0.2, 0) is 33.2 Å². The van der Waals surface area contributed by atoms with Crippen LogP contribution >= 0.6 is 0 Å². The van der Waals surface area contributed by atoms with Crippen molar-refractivity contribution in [3.63, 3.8) is 0 Å². The molecular weight excluding hydrogens is 1260 g/mol. The highest BCUT2D eigenvalue weighted by Crippen LogP contribution is 2.33. The summed E-state index contributed by atoms with van der Waals surface area (Å²) >= 11 is 0. The number of amides is 1. The summed E-state index contributed by atoms with van der Waals surface area (Å²) in [4.78, 5) is 13.5. The standard InChI is InChI=1S/C80H149NO18/c1-3-5-7-9-11-13-15-17-19-21-23-25-26-27-28-29-30-31-32-33-34-35-36-38-40-42-44-46-48-50-52-54-56-58-68(86)81-63(64(85)57-55-53-51-49-47-45-43-41-39-37-24-22-20-18-16-14-12-10-8-6-4-2)62-94-78-74(92)71(89)76(66(60-83)96-78)99-80-75(93)72(90)77(67(61-84)97-80)98-79-73(91)70(88)69(87)65(59-82)95-79/h21,23,47,49,55,57,63-67,69-80,82-85,87-93H,3-20,22,24-46,48,50-54,56,58-62H2,1-2H3,(H,81,86)/b23-21-,49-47+,57-55+. The van der Waals surface area contributed by atoms with E-state index in [9.17, 15) is 61.0 Å². The Balaban J connectivity index is 1.36. The molecule has 19 heteroatoms. The van der Waals surface area contributed by atoms with Gasteiger partial charge in [-0.15, -0.1) is 0 Å². The van der Waals surface area contributed by atoms with Crippen LogP contribution in [0.1, 0.15) is 335 Å². The lowest BCUT2D eigenvalue weighted by Crippen LogP contribution is -2.66. The molecular formula is C80H149NO18. The molecule has 0 bridgehead atoms. The zero-order chi connectivity index (χ0) is 71.8. The highest BCUT2D eigenvalue weighted by molar-refractivity contribution is 5.76. The second-order valence-electron chi connectivity index (χ2n) is 29.2. The van der Waals surface area contributed by atoms with Gasteiger partial charge in [0.25, 0.3) is 0 Å². The first kappa shape index (κ1) is 91.2. The summed E-state index contributed by atoms with van der Waals surface area (Å²) in [5.41, 5.74) is 0. The minimum absolute atomic E-state index is 0.239. The topological polar surface area (TPSA) is 307 Å². The molecule has 17 atom stereocenters. The average Bonchev–Trinajstić information content (AvgIpc) is 0.761. The van der Waals surface area contributed by atoms with Crippen LogP contribution in [0.25, 0.3) is 0 Å². The molecule has 0 spiro atoms. The number of hydrogen-bond donors (Lipinski definition) is 12. The Hall–Kier alpha value is -1.99. The molecule has 99 heavy (non-hydrogen) atoms. The molecule has 19 nitrogen and oxygen atoms in total. The minimum Gasteiger partial charge on any atom is -0.394 e. The van der Waals surface area contributed by atoms with Gasteiger partial charge in [-0.3, -0.25) is 4.79 Å². The molecule has 3 heterocycles. The summed E-state index contributed by atoms with van der Waals surface area (Å²) in [5, 5.41) is 121. The third-order valence-electron chi connectivity index (χ3n) is 20.4. The van der Waals surface area contributed by atoms with E-state index in [1.54, 1.807) is 6.08 Å². The van der Waals surface area contributed by atoms with Crippen LogP contribution in [-0.4, -0.2) is 193 Å². The molecule has 582 valence electrons. The number of nitrogens with one attached hydrogen (secondary N) is 1. The monoisotopic (exact) mass is 1410 g/mol. The average molecular weight is 1410 g/mol. The molecule has 0 aromatic rings. The van der Waals surface area contributed by atoms with Gasteiger partial charge in [0.1, 0.15) is 73.2 Å². The Labute approximate surface area is 600 Å². The molecule has 3 saturated heterocycles. The maximum atomic E-state index is 13.5. The smallest absolute Gasteiger partial charge is 0.220 e. The molecule has 0 saturated carbocycles. The number of carbonyl (C=O) groups excluding carboxylic acids is 1. The van der Waals surface area contributed by atoms with Crippen molar-refractivity contribution in [1.82, 2.24) is 5.32 Å². The van der Waals surface area contributed by atoms with E-state index in [4.69, 9.17) is 28.4 Å². The first-order chi connectivity index (χ1) is 48.3. The Kier molecular flexibility index (Phi) is 56.4. The number of unbranched alkanes of at least 4 members (excludes halogenated alkanes) is 45. The van der Waals surface area contributed by atoms with Gasteiger partial charge in [0.2, 0.25) is 5.91 Å². The molecule has 1 amide bonds. The van der Waals surface area contributed by atoms with E-state index in [1.165, 1.54) is 263 Å². The number of aliphatic hydroxyl groups excluding tert-OH is 11. The largest absolute Gasteiger partial charge is 0.394 e. The number of rotatable bonds is 65. The number of carbonyl (C=O) groups is 1. The zero-order valence-electron chi connectivity index (χ0n) is 62.2. The molecule has 17 unspecified atom stereocenters. The summed E-state index contributed by atoms with van der Waals surface area (Å²) in [6.45, 7) is 1.76. The normalized spacial score (nSPS) is 26.7. The van der Waals surface area contributed by atoms with Crippen molar-refractivity contribution in [3.05, 3.63) is 36.5 Å². The molecule has 0 aromatic heterocycles. The third-order valence-corrected chi connectivity index (χ3v) is 20.4. The maximum absolute atomic E-state index is 13.5. The first-order valence-electron chi connectivity index (χ1n) is 40.7. The zero-order valence-corrected chi connectivity index (χ0v) is 62.2. The molecule has 0 aliphatic carbocycles. The fourth-order valence-electron chi connectivity index (χ4n) is 13.9. The molecule has 3 fully saturated rings. The van der Waals surface area contributed by atoms with Crippen LogP contribution in [0, 0.1) is 0 Å². The van der Waals surface area contributed by atoms with Gasteiger partial charge < -0.3 is 89.9 Å². The van der Waals surface area contributed by atoms with Crippen molar-refractivity contribution >= 4 is 5.91 Å². The molecule has 3 aliphatic rings. The van der Waals surface area contributed by atoms with E-state index in [1.807, 2.05) is 6.08 Å². The highest BCUT2D eigenvalue weighted by Gasteiger charge is 2.54. The summed E-state index contributed by atoms with van der Waals surface area (Å²) in [5.74, 6) is -0.279. The summed E-state index contributed by atoms with van der Waals surface area (Å²) in [6.07, 6.45) is 48.6. The molecule has 0 radical (unpaired) electrons. The van der Waals surface area contributed by atoms with Crippen LogP contribution in [0.15, 0.2) is 36.5 Å². The van der Waals surface area contributed by atoms with Crippen molar-refractivity contribution in [1.29, 1.82) is 0 Å². The summed E-state index contributed by atoms with van der Waals surface area (Å²) in [7, 11) is 0. The van der Waals surface area contributed by atoms with Crippen LogP contribution < -0.4 is 5.32 Å². The van der Waals surface area contributed by atoms with E-state index in [2.05, 4.69) is 43.5 Å². The van der Waals surface area contributed by atoms with Gasteiger partial charge >= 0.3 is 0 Å². The van der Waals surface area contributed by atoms with E-state index in [-0.39, 0.29) is 18.9 Å². The van der Waals surface area contributed by atoms with Crippen LogP contribution in [0.2, 0.25) is 0 Å². The van der Waals surface area contributed by atoms with Crippen molar-refractivity contribution < 1.29 is 89.4 Å². The first-order valence-corrected chi connectivity index (χ1v) is 40.7. The predicted octanol–water partition coefficient (Wildman–Crippen LogP) is 13.5. The van der Waals surface area contributed by atoms with Gasteiger partial charge in [-0.05, 0) is 57.8 Å². The molecule has 3 aliphatic heterocycles. The number of ether oxygens (including phenoxy) is 6. The van der Waals surface area contributed by atoms with Gasteiger partial charge in [0, 0.05) is 6.42 Å². The van der Waals surface area contributed by atoms with Crippen LogP contribution in [0.3, 0.4) is 0 Å². The number of allylic oxidation sites excluding steroid dienone is 5. The van der Waals surface area contributed by atoms with Gasteiger partial charge in [0.15, 0.2) is 18.9 Å². The fraction of sp³-hybridized carbons (Fsp3) is 0.912. The van der Waals surface area contributed by atoms with Gasteiger partial charge in [-0.1, -0.05) is 307 Å². The SMILES string of the molecule is CCCCCCCCCC/C=C\CCCCCCCCCCCCCCCCCCCCCCCC(=O)NC(COC1OC(CO)C(OC2OC(CO)C(OC3OC(CO)C(O)C(O)C3O)C(O)C2O)C(O)C1O)C(O)/C=C/CC/C=C/CCCCCCCCCCCCCCCCC. The van der Waals surface area contributed by atoms with Crippen LogP contribution in [0.4, 0.5) is 0 Å². The van der Waals surface area contributed by atoms with Crippen molar-refractivity contribution in [2.75, 3.05) is 26.4 Å². The van der Waals surface area contributed by atoms with Gasteiger partial charge in [-0.25, -0.2) is 0 Å². The number of hydrogen-bond acceptors (Lipinski definition) is 18. The van der Waals surface area contributed by atoms with Crippen molar-refractivity contribution in [3.8, 4) is 0 Å². The molecule has 3 rings (SSSR count). The van der Waals surface area contributed by atoms with Gasteiger partial charge in [0.05, 0.1) is 38.6 Å². The minimum atomic E-state index is -1.98. The lowest BCUT2D eigenvalue weighted by molar-refractivity contribution is -0.379. The van der Waals surface area contributed by atoms with Crippen LogP contribution in [0.5, 0.6) is 0 Å². The van der Waals surface area contributed by atoms with Gasteiger partial charge in [-0.2, -0.15) is 0 Å². The Morgan fingerprint density at radius 1 is 0.354 bits per heavy atom. The number of aliphatic hydroxyl groups is 11. The second kappa shape index (κ2) is 61.2. The Bertz CT molecular complexity index is 1930. The van der Waals surface area contributed by atoms with E-state index in [0.29, 0.717) is 12.8 Å². The maximum Gasteiger partial charge on any atom is 0.220 e. The van der Waals surface area contributed by atoms with E-state index >= 15 is 0 Å². The summed E-state index contributed by atoms with van der Waals surface area (Å²) < 4.78 is 34.4. The fourth-order valence-corrected chi connectivity index (χ4v) is 13.9. The lowest BCUT2D eigenvalue weighted by atomic mass is 9.96. The third kappa shape index (κ3) is 41.5. The summed E-state index contributed by atoms with van der Waals surface area (Å²) in [6, 6.07) is -0.989. The Morgan fingerprint density at radius 3 is 1.01 bits per heavy atom. The second-order valence-corrected chi connectivity index (χ2v) is 29.2. The molecule has 12 N–H and O–H groups in total. The quantitative estimate of drug-likeness (QED) is 0.0199. The predicted molar refractivity (Wildman–Crippen MR) is 393 cm³/mol. The van der Waals surface area contributed by atoms with Crippen molar-refractivity contribution in [2.45, 2.75) is 439 Å². The highest BCUT2D eigenvalue weighted by atomic mass is 16.8. The van der Waals surface area contributed by atoms with Crippen molar-refractivity contribution in [2.24, 2.45) is 0 Å². The lowest BCUT2D eigenvalue weighted by Gasteiger charge is -2.48. The molecule has 0 aromatic carbocycles. The van der Waals surface area contributed by atoms with E-state index in [0.717, 1.165) is 38.5 Å². The Morgan fingerprint density at radius 2 is 0.646 bits per heavy atom.